The number of aromatic nitrogens is 2. The van der Waals surface area contributed by atoms with Gasteiger partial charge in [0.2, 0.25) is 0 Å². The van der Waals surface area contributed by atoms with Gasteiger partial charge in [-0.3, -0.25) is 9.59 Å². The number of benzene rings is 2. The maximum atomic E-state index is 14.6. The Morgan fingerprint density at radius 2 is 1.97 bits per heavy atom. The van der Waals surface area contributed by atoms with Crippen LogP contribution in [0.25, 0.3) is 10.9 Å². The molecule has 4 rings (SSSR count). The van der Waals surface area contributed by atoms with E-state index in [-0.39, 0.29) is 54.6 Å². The largest absolute Gasteiger partial charge is 0.497 e. The number of methoxy groups -OCH3 is 1. The Labute approximate surface area is 211 Å². The lowest BCUT2D eigenvalue weighted by Crippen LogP contribution is -2.41. The number of hydrogen-bond donors (Lipinski definition) is 2. The summed E-state index contributed by atoms with van der Waals surface area (Å²) in [6.45, 7) is 0.0994. The summed E-state index contributed by atoms with van der Waals surface area (Å²) < 4.78 is 59.2. The Kier molecular flexibility index (Phi) is 8.05. The molecule has 0 saturated carbocycles. The third-order valence-corrected chi connectivity index (χ3v) is 6.50. The van der Waals surface area contributed by atoms with Gasteiger partial charge in [-0.2, -0.15) is 0 Å². The van der Waals surface area contributed by atoms with Crippen molar-refractivity contribution in [3.8, 4) is 11.5 Å². The number of nitrogens with zero attached hydrogens (tertiary/aromatic N) is 1. The molecular formula is C24H26FN3O8S. The quantitative estimate of drug-likeness (QED) is 0.413. The zero-order valence-electron chi connectivity index (χ0n) is 20.2. The highest BCUT2D eigenvalue weighted by molar-refractivity contribution is 7.90. The molecule has 0 aliphatic carbocycles. The van der Waals surface area contributed by atoms with Gasteiger partial charge in [0.1, 0.15) is 33.7 Å². The Bertz CT molecular complexity index is 1450. The molecule has 2 atom stereocenters. The number of aromatic amines is 1. The van der Waals surface area contributed by atoms with E-state index in [1.54, 1.807) is 24.3 Å². The number of ether oxygens (including phenoxy) is 4. The third kappa shape index (κ3) is 6.81. The van der Waals surface area contributed by atoms with Crippen molar-refractivity contribution in [3.05, 3.63) is 64.0 Å². The van der Waals surface area contributed by atoms with Crippen LogP contribution < -0.4 is 20.3 Å². The third-order valence-electron chi connectivity index (χ3n) is 5.52. The average Bonchev–Trinajstić information content (AvgIpc) is 2.87. The number of sulfone groups is 1. The number of hydrogen-bond acceptors (Lipinski definition) is 9. The van der Waals surface area contributed by atoms with Crippen molar-refractivity contribution < 1.29 is 36.6 Å². The highest BCUT2D eigenvalue weighted by Crippen LogP contribution is 2.26. The number of amides is 1. The summed E-state index contributed by atoms with van der Waals surface area (Å²) in [5.41, 5.74) is 0.103. The molecule has 3 aromatic rings. The van der Waals surface area contributed by atoms with Crippen LogP contribution >= 0.6 is 0 Å². The van der Waals surface area contributed by atoms with Crippen molar-refractivity contribution in [1.82, 2.24) is 15.3 Å². The molecular weight excluding hydrogens is 509 g/mol. The molecule has 1 aliphatic heterocycles. The predicted octanol–water partition coefficient (Wildman–Crippen LogP) is 1.21. The molecule has 1 aliphatic rings. The minimum absolute atomic E-state index is 0.0372. The van der Waals surface area contributed by atoms with Gasteiger partial charge in [0, 0.05) is 12.8 Å². The monoisotopic (exact) mass is 535 g/mol. The van der Waals surface area contributed by atoms with Gasteiger partial charge in [0.15, 0.2) is 17.4 Å². The second-order valence-electron chi connectivity index (χ2n) is 8.53. The van der Waals surface area contributed by atoms with Crippen LogP contribution in [0.5, 0.6) is 11.5 Å². The van der Waals surface area contributed by atoms with E-state index in [4.69, 9.17) is 18.9 Å². The van der Waals surface area contributed by atoms with Crippen LogP contribution in [0, 0.1) is 5.82 Å². The first-order valence-electron chi connectivity index (χ1n) is 11.3. The normalized spacial score (nSPS) is 17.9. The maximum Gasteiger partial charge on any atom is 0.287 e. The lowest BCUT2D eigenvalue weighted by molar-refractivity contribution is -0.134. The van der Waals surface area contributed by atoms with E-state index in [9.17, 15) is 22.4 Å². The topological polar surface area (TPSA) is 146 Å². The Morgan fingerprint density at radius 3 is 2.68 bits per heavy atom. The second kappa shape index (κ2) is 11.2. The fourth-order valence-electron chi connectivity index (χ4n) is 3.76. The van der Waals surface area contributed by atoms with Crippen LogP contribution in [0.3, 0.4) is 0 Å². The summed E-state index contributed by atoms with van der Waals surface area (Å²) in [5.74, 6) is -1.52. The van der Waals surface area contributed by atoms with Crippen molar-refractivity contribution >= 4 is 26.6 Å². The lowest BCUT2D eigenvalue weighted by Gasteiger charge is -2.29. The summed E-state index contributed by atoms with van der Waals surface area (Å²) in [6, 6.07) is 9.49. The van der Waals surface area contributed by atoms with Gasteiger partial charge in [-0.05, 0) is 29.8 Å². The van der Waals surface area contributed by atoms with Gasteiger partial charge in [-0.1, -0.05) is 12.1 Å². The molecule has 198 valence electrons. The molecule has 2 unspecified atom stereocenters. The smallest absolute Gasteiger partial charge is 0.287 e. The van der Waals surface area contributed by atoms with Gasteiger partial charge < -0.3 is 29.2 Å². The molecule has 2 N–H and O–H groups in total. The van der Waals surface area contributed by atoms with Crippen LogP contribution in [0.2, 0.25) is 0 Å². The van der Waals surface area contributed by atoms with E-state index >= 15 is 0 Å². The van der Waals surface area contributed by atoms with E-state index in [1.807, 2.05) is 0 Å². The average molecular weight is 536 g/mol. The summed E-state index contributed by atoms with van der Waals surface area (Å²) in [5, 5.41) is 2.51. The molecule has 1 fully saturated rings. The first-order valence-corrected chi connectivity index (χ1v) is 13.4. The van der Waals surface area contributed by atoms with Gasteiger partial charge >= 0.3 is 0 Å². The van der Waals surface area contributed by atoms with Crippen LogP contribution in [-0.2, 0) is 25.9 Å². The summed E-state index contributed by atoms with van der Waals surface area (Å²) in [6.07, 6.45) is -0.0869. The van der Waals surface area contributed by atoms with Gasteiger partial charge in [-0.15, -0.1) is 0 Å². The zero-order chi connectivity index (χ0) is 26.6. The van der Waals surface area contributed by atoms with Crippen molar-refractivity contribution in [2.24, 2.45) is 0 Å². The van der Waals surface area contributed by atoms with E-state index in [2.05, 4.69) is 15.3 Å². The van der Waals surface area contributed by atoms with E-state index in [0.717, 1.165) is 17.9 Å². The number of halogens is 1. The van der Waals surface area contributed by atoms with Crippen LogP contribution in [0.4, 0.5) is 4.39 Å². The van der Waals surface area contributed by atoms with Crippen molar-refractivity contribution in [1.29, 1.82) is 0 Å². The minimum Gasteiger partial charge on any atom is -0.497 e. The van der Waals surface area contributed by atoms with Crippen molar-refractivity contribution in [3.63, 3.8) is 0 Å². The van der Waals surface area contributed by atoms with Crippen molar-refractivity contribution in [2.45, 2.75) is 18.8 Å². The maximum absolute atomic E-state index is 14.6. The minimum atomic E-state index is -3.23. The first kappa shape index (κ1) is 26.5. The summed E-state index contributed by atoms with van der Waals surface area (Å²) in [4.78, 5) is 32.0. The molecule has 2 heterocycles. The number of fused-ring (bicyclic) bond motifs is 1. The second-order valence-corrected chi connectivity index (χ2v) is 10.7. The van der Waals surface area contributed by atoms with E-state index in [1.165, 1.54) is 13.2 Å². The zero-order valence-corrected chi connectivity index (χ0v) is 21.0. The Balaban J connectivity index is 1.44. The molecule has 0 bridgehead atoms. The number of H-pyrrole nitrogens is 1. The standard InChI is InChI=1S/C24H26FN3O8S/c1-33-15-5-3-4-14(8-15)9-26-24(30)22-27-19-7-6-18(25)21(20(19)23(29)28-22)36-11-16-10-35-17(12-34-16)13-37(2,31)32/h3-8,16-17H,9-13H2,1-2H3,(H,26,30)(H,27,28,29). The first-order chi connectivity index (χ1) is 17.6. The molecule has 2 aromatic carbocycles. The van der Waals surface area contributed by atoms with E-state index in [0.29, 0.717) is 5.75 Å². The SMILES string of the molecule is COc1cccc(CNC(=O)c2nc3ccc(F)c(OCC4COC(CS(C)(=O)=O)CO4)c3c(=O)[nH]2)c1. The Morgan fingerprint density at radius 1 is 1.22 bits per heavy atom. The summed E-state index contributed by atoms with van der Waals surface area (Å²) in [7, 11) is -1.69. The molecule has 1 saturated heterocycles. The van der Waals surface area contributed by atoms with Crippen molar-refractivity contribution in [2.75, 3.05) is 38.9 Å². The number of nitrogens with one attached hydrogen (secondary N) is 2. The van der Waals surface area contributed by atoms with Gasteiger partial charge in [0.25, 0.3) is 11.5 Å². The molecule has 11 nitrogen and oxygen atoms in total. The van der Waals surface area contributed by atoms with E-state index < -0.39 is 39.3 Å². The fourth-order valence-corrected chi connectivity index (χ4v) is 4.63. The number of carbonyl (C=O) groups is 1. The van der Waals surface area contributed by atoms with Crippen LogP contribution in [0.15, 0.2) is 41.2 Å². The fraction of sp³-hybridized carbons (Fsp3) is 0.375. The number of rotatable bonds is 9. The molecule has 1 amide bonds. The number of carbonyl (C=O) groups excluding carboxylic acids is 1. The van der Waals surface area contributed by atoms with Crippen LogP contribution in [0.1, 0.15) is 16.2 Å². The lowest BCUT2D eigenvalue weighted by atomic mass is 10.2. The molecule has 0 radical (unpaired) electrons. The molecule has 13 heteroatoms. The Hall–Kier alpha value is -3.55. The predicted molar refractivity (Wildman–Crippen MR) is 131 cm³/mol. The molecule has 37 heavy (non-hydrogen) atoms. The summed E-state index contributed by atoms with van der Waals surface area (Å²) >= 11 is 0. The highest BCUT2D eigenvalue weighted by atomic mass is 32.2. The van der Waals surface area contributed by atoms with Crippen LogP contribution in [-0.4, -0.2) is 75.4 Å². The highest BCUT2D eigenvalue weighted by Gasteiger charge is 2.26. The molecule has 1 aromatic heterocycles. The molecule has 0 spiro atoms. The van der Waals surface area contributed by atoms with Gasteiger partial charge in [0.05, 0.1) is 37.7 Å². The van der Waals surface area contributed by atoms with Gasteiger partial charge in [-0.25, -0.2) is 17.8 Å².